The Bertz CT molecular complexity index is 407. The summed E-state index contributed by atoms with van der Waals surface area (Å²) in [6, 6.07) is 8.27. The van der Waals surface area contributed by atoms with E-state index in [0.717, 1.165) is 17.2 Å². The van der Waals surface area contributed by atoms with Crippen LogP contribution in [0.25, 0.3) is 0 Å². The molecule has 0 saturated heterocycles. The van der Waals surface area contributed by atoms with Crippen molar-refractivity contribution < 1.29 is 4.79 Å². The van der Waals surface area contributed by atoms with Crippen molar-refractivity contribution in [1.82, 2.24) is 5.32 Å². The SMILES string of the molecule is CCNC(=O)c1ccc(NC(C)C2CCCC2)cc1. The van der Waals surface area contributed by atoms with Crippen molar-refractivity contribution in [3.8, 4) is 0 Å². The summed E-state index contributed by atoms with van der Waals surface area (Å²) in [6.45, 7) is 4.85. The van der Waals surface area contributed by atoms with Gasteiger partial charge in [0.15, 0.2) is 0 Å². The number of carbonyl (C=O) groups excluding carboxylic acids is 1. The zero-order valence-corrected chi connectivity index (χ0v) is 11.9. The molecule has 0 heterocycles. The number of rotatable bonds is 5. The predicted molar refractivity (Wildman–Crippen MR) is 79.5 cm³/mol. The zero-order valence-electron chi connectivity index (χ0n) is 11.9. The molecule has 0 spiro atoms. The maximum atomic E-state index is 11.7. The Hall–Kier alpha value is -1.51. The van der Waals surface area contributed by atoms with Gasteiger partial charge in [-0.2, -0.15) is 0 Å². The van der Waals surface area contributed by atoms with Gasteiger partial charge in [0, 0.05) is 23.8 Å². The summed E-state index contributed by atoms with van der Waals surface area (Å²) >= 11 is 0. The van der Waals surface area contributed by atoms with Crippen molar-refractivity contribution in [2.24, 2.45) is 5.92 Å². The van der Waals surface area contributed by atoms with E-state index in [0.29, 0.717) is 12.6 Å². The van der Waals surface area contributed by atoms with Gasteiger partial charge in [-0.3, -0.25) is 4.79 Å². The van der Waals surface area contributed by atoms with Gasteiger partial charge in [-0.25, -0.2) is 0 Å². The number of benzene rings is 1. The van der Waals surface area contributed by atoms with E-state index in [4.69, 9.17) is 0 Å². The molecule has 1 saturated carbocycles. The fourth-order valence-corrected chi connectivity index (χ4v) is 2.82. The van der Waals surface area contributed by atoms with Crippen LogP contribution in [0.3, 0.4) is 0 Å². The van der Waals surface area contributed by atoms with Gasteiger partial charge in [-0.1, -0.05) is 12.8 Å². The molecular formula is C16H24N2O. The van der Waals surface area contributed by atoms with Crippen molar-refractivity contribution in [3.05, 3.63) is 29.8 Å². The fourth-order valence-electron chi connectivity index (χ4n) is 2.82. The average Bonchev–Trinajstić information content (AvgIpc) is 2.94. The molecule has 0 aliphatic heterocycles. The summed E-state index contributed by atoms with van der Waals surface area (Å²) in [6.07, 6.45) is 5.41. The molecule has 19 heavy (non-hydrogen) atoms. The van der Waals surface area contributed by atoms with Crippen LogP contribution in [-0.4, -0.2) is 18.5 Å². The van der Waals surface area contributed by atoms with E-state index in [1.165, 1.54) is 25.7 Å². The second kappa shape index (κ2) is 6.60. The first kappa shape index (κ1) is 13.9. The Balaban J connectivity index is 1.92. The van der Waals surface area contributed by atoms with Gasteiger partial charge in [0.2, 0.25) is 0 Å². The second-order valence-electron chi connectivity index (χ2n) is 5.41. The van der Waals surface area contributed by atoms with Crippen molar-refractivity contribution in [1.29, 1.82) is 0 Å². The summed E-state index contributed by atoms with van der Waals surface area (Å²) < 4.78 is 0. The van der Waals surface area contributed by atoms with E-state index in [2.05, 4.69) is 17.6 Å². The van der Waals surface area contributed by atoms with Gasteiger partial charge in [0.25, 0.3) is 5.91 Å². The summed E-state index contributed by atoms with van der Waals surface area (Å²) in [5, 5.41) is 6.36. The minimum atomic E-state index is -0.00195. The number of amides is 1. The highest BCUT2D eigenvalue weighted by molar-refractivity contribution is 5.94. The standard InChI is InChI=1S/C16H24N2O/c1-3-17-16(19)14-8-10-15(11-9-14)18-12(2)13-6-4-5-7-13/h8-13,18H,3-7H2,1-2H3,(H,17,19). The van der Waals surface area contributed by atoms with Crippen molar-refractivity contribution in [2.45, 2.75) is 45.6 Å². The number of nitrogens with one attached hydrogen (secondary N) is 2. The Kier molecular flexibility index (Phi) is 4.83. The first-order valence-electron chi connectivity index (χ1n) is 7.35. The van der Waals surface area contributed by atoms with E-state index in [1.807, 2.05) is 31.2 Å². The van der Waals surface area contributed by atoms with Gasteiger partial charge in [0.05, 0.1) is 0 Å². The lowest BCUT2D eigenvalue weighted by atomic mass is 9.99. The zero-order chi connectivity index (χ0) is 13.7. The summed E-state index contributed by atoms with van der Waals surface area (Å²) in [4.78, 5) is 11.7. The third-order valence-electron chi connectivity index (χ3n) is 3.99. The van der Waals surface area contributed by atoms with Crippen LogP contribution in [-0.2, 0) is 0 Å². The van der Waals surface area contributed by atoms with Crippen LogP contribution < -0.4 is 10.6 Å². The van der Waals surface area contributed by atoms with Crippen molar-refractivity contribution in [3.63, 3.8) is 0 Å². The van der Waals surface area contributed by atoms with Gasteiger partial charge in [-0.05, 0) is 56.9 Å². The summed E-state index contributed by atoms with van der Waals surface area (Å²) in [5.74, 6) is 0.793. The first-order chi connectivity index (χ1) is 9.20. The minimum Gasteiger partial charge on any atom is -0.382 e. The highest BCUT2D eigenvalue weighted by Crippen LogP contribution is 2.29. The number of anilines is 1. The van der Waals surface area contributed by atoms with Crippen LogP contribution in [0.1, 0.15) is 49.9 Å². The first-order valence-corrected chi connectivity index (χ1v) is 7.35. The molecule has 1 aromatic carbocycles. The van der Waals surface area contributed by atoms with E-state index >= 15 is 0 Å². The third kappa shape index (κ3) is 3.72. The van der Waals surface area contributed by atoms with E-state index in [-0.39, 0.29) is 5.91 Å². The molecule has 0 aromatic heterocycles. The largest absolute Gasteiger partial charge is 0.382 e. The Morgan fingerprint density at radius 3 is 2.47 bits per heavy atom. The molecule has 1 atom stereocenters. The van der Waals surface area contributed by atoms with Crippen LogP contribution in [0, 0.1) is 5.92 Å². The van der Waals surface area contributed by atoms with E-state index in [1.54, 1.807) is 0 Å². The average molecular weight is 260 g/mol. The topological polar surface area (TPSA) is 41.1 Å². The maximum Gasteiger partial charge on any atom is 0.251 e. The van der Waals surface area contributed by atoms with Gasteiger partial charge >= 0.3 is 0 Å². The number of hydrogen-bond acceptors (Lipinski definition) is 2. The van der Waals surface area contributed by atoms with Crippen LogP contribution in [0.2, 0.25) is 0 Å². The Morgan fingerprint density at radius 2 is 1.89 bits per heavy atom. The minimum absolute atomic E-state index is 0.00195. The molecule has 3 nitrogen and oxygen atoms in total. The molecule has 0 radical (unpaired) electrons. The van der Waals surface area contributed by atoms with Gasteiger partial charge < -0.3 is 10.6 Å². The van der Waals surface area contributed by atoms with Gasteiger partial charge in [-0.15, -0.1) is 0 Å². The fraction of sp³-hybridized carbons (Fsp3) is 0.562. The molecule has 104 valence electrons. The number of hydrogen-bond donors (Lipinski definition) is 2. The smallest absolute Gasteiger partial charge is 0.251 e. The molecule has 1 fully saturated rings. The molecule has 2 N–H and O–H groups in total. The molecule has 1 aliphatic carbocycles. The molecule has 3 heteroatoms. The summed E-state index contributed by atoms with van der Waals surface area (Å²) in [7, 11) is 0. The van der Waals surface area contributed by atoms with E-state index in [9.17, 15) is 4.79 Å². The normalized spacial score (nSPS) is 17.2. The van der Waals surface area contributed by atoms with Crippen LogP contribution in [0.4, 0.5) is 5.69 Å². The lowest BCUT2D eigenvalue weighted by molar-refractivity contribution is 0.0956. The monoisotopic (exact) mass is 260 g/mol. The Morgan fingerprint density at radius 1 is 1.26 bits per heavy atom. The molecule has 1 aromatic rings. The van der Waals surface area contributed by atoms with E-state index < -0.39 is 0 Å². The van der Waals surface area contributed by atoms with Crippen molar-refractivity contribution >= 4 is 11.6 Å². The molecule has 2 rings (SSSR count). The highest BCUT2D eigenvalue weighted by Gasteiger charge is 2.21. The third-order valence-corrected chi connectivity index (χ3v) is 3.99. The molecule has 0 bridgehead atoms. The molecular weight excluding hydrogens is 236 g/mol. The number of carbonyl (C=O) groups is 1. The Labute approximate surface area is 115 Å². The molecule has 1 aliphatic rings. The van der Waals surface area contributed by atoms with Crippen molar-refractivity contribution in [2.75, 3.05) is 11.9 Å². The maximum absolute atomic E-state index is 11.7. The summed E-state index contributed by atoms with van der Waals surface area (Å²) in [5.41, 5.74) is 1.83. The molecule has 1 amide bonds. The highest BCUT2D eigenvalue weighted by atomic mass is 16.1. The lowest BCUT2D eigenvalue weighted by Crippen LogP contribution is -2.24. The lowest BCUT2D eigenvalue weighted by Gasteiger charge is -2.21. The quantitative estimate of drug-likeness (QED) is 0.851. The predicted octanol–water partition coefficient (Wildman–Crippen LogP) is 3.43. The van der Waals surface area contributed by atoms with Crippen LogP contribution in [0.15, 0.2) is 24.3 Å². The second-order valence-corrected chi connectivity index (χ2v) is 5.41. The molecule has 1 unspecified atom stereocenters. The van der Waals surface area contributed by atoms with Crippen LogP contribution in [0.5, 0.6) is 0 Å². The van der Waals surface area contributed by atoms with Gasteiger partial charge in [0.1, 0.15) is 0 Å². The van der Waals surface area contributed by atoms with Crippen LogP contribution >= 0.6 is 0 Å².